The van der Waals surface area contributed by atoms with Gasteiger partial charge in [-0.25, -0.2) is 0 Å². The second-order valence-corrected chi connectivity index (χ2v) is 4.68. The van der Waals surface area contributed by atoms with E-state index in [1.807, 2.05) is 18.2 Å². The number of alkyl halides is 1. The van der Waals surface area contributed by atoms with E-state index in [0.29, 0.717) is 0 Å². The third kappa shape index (κ3) is 2.99. The average Bonchev–Trinajstić information content (AvgIpc) is 2.26. The Balaban J connectivity index is 3.07. The summed E-state index contributed by atoms with van der Waals surface area (Å²) >= 11 is 7.73. The van der Waals surface area contributed by atoms with Crippen LogP contribution in [0.3, 0.4) is 0 Å². The van der Waals surface area contributed by atoms with Crippen LogP contribution < -0.4 is 0 Å². The largest absolute Gasteiger partial charge is 0.298 e. The van der Waals surface area contributed by atoms with E-state index >= 15 is 0 Å². The van der Waals surface area contributed by atoms with E-state index in [9.17, 15) is 4.79 Å². The highest BCUT2D eigenvalue weighted by atomic mass is 35.5. The first kappa shape index (κ1) is 12.6. The highest BCUT2D eigenvalue weighted by molar-refractivity contribution is 7.98. The molecule has 0 saturated carbocycles. The van der Waals surface area contributed by atoms with E-state index in [1.54, 1.807) is 11.8 Å². The van der Waals surface area contributed by atoms with Crippen LogP contribution in [0.2, 0.25) is 0 Å². The van der Waals surface area contributed by atoms with Gasteiger partial charge < -0.3 is 0 Å². The molecule has 0 heterocycles. The molecule has 1 unspecified atom stereocenters. The Labute approximate surface area is 100 Å². The molecule has 1 nitrogen and oxygen atoms in total. The van der Waals surface area contributed by atoms with Crippen LogP contribution in [-0.4, -0.2) is 12.0 Å². The van der Waals surface area contributed by atoms with Crippen molar-refractivity contribution in [3.8, 4) is 0 Å². The third-order valence-corrected chi connectivity index (χ3v) is 3.73. The SMILES string of the molecule is CCc1cc(C(Cl)C(C)=O)ccc1SC. The summed E-state index contributed by atoms with van der Waals surface area (Å²) in [5.41, 5.74) is 2.16. The van der Waals surface area contributed by atoms with Gasteiger partial charge in [0.2, 0.25) is 0 Å². The van der Waals surface area contributed by atoms with Gasteiger partial charge in [0.1, 0.15) is 5.38 Å². The van der Waals surface area contributed by atoms with Crippen LogP contribution in [0.15, 0.2) is 23.1 Å². The van der Waals surface area contributed by atoms with Gasteiger partial charge in [-0.2, -0.15) is 0 Å². The van der Waals surface area contributed by atoms with Crippen molar-refractivity contribution in [2.45, 2.75) is 30.5 Å². The molecule has 1 aromatic rings. The van der Waals surface area contributed by atoms with Crippen molar-refractivity contribution in [2.75, 3.05) is 6.26 Å². The lowest BCUT2D eigenvalue weighted by Crippen LogP contribution is -2.02. The standard InChI is InChI=1S/C12H15ClOS/c1-4-9-7-10(12(13)8(2)14)5-6-11(9)15-3/h5-7,12H,4H2,1-3H3. The summed E-state index contributed by atoms with van der Waals surface area (Å²) in [4.78, 5) is 12.4. The fourth-order valence-corrected chi connectivity index (χ4v) is 2.27. The van der Waals surface area contributed by atoms with E-state index < -0.39 is 5.38 Å². The van der Waals surface area contributed by atoms with Crippen molar-refractivity contribution in [2.24, 2.45) is 0 Å². The van der Waals surface area contributed by atoms with Crippen molar-refractivity contribution in [3.63, 3.8) is 0 Å². The summed E-state index contributed by atoms with van der Waals surface area (Å²) < 4.78 is 0. The van der Waals surface area contributed by atoms with Crippen LogP contribution in [0, 0.1) is 0 Å². The zero-order valence-electron chi connectivity index (χ0n) is 9.21. The van der Waals surface area contributed by atoms with Crippen molar-refractivity contribution in [1.29, 1.82) is 0 Å². The number of ketones is 1. The number of hydrogen-bond acceptors (Lipinski definition) is 2. The third-order valence-electron chi connectivity index (χ3n) is 2.33. The first-order chi connectivity index (χ1) is 7.10. The van der Waals surface area contributed by atoms with Crippen LogP contribution in [0.4, 0.5) is 0 Å². The van der Waals surface area contributed by atoms with Crippen LogP contribution in [0.5, 0.6) is 0 Å². The van der Waals surface area contributed by atoms with Crippen LogP contribution in [0.1, 0.15) is 30.4 Å². The normalized spacial score (nSPS) is 12.5. The molecule has 0 aliphatic rings. The number of aryl methyl sites for hydroxylation is 1. The topological polar surface area (TPSA) is 17.1 Å². The summed E-state index contributed by atoms with van der Waals surface area (Å²) in [6, 6.07) is 6.01. The van der Waals surface area contributed by atoms with Gasteiger partial charge in [-0.05, 0) is 36.8 Å². The second-order valence-electron chi connectivity index (χ2n) is 3.40. The minimum absolute atomic E-state index is 0.00405. The molecule has 82 valence electrons. The number of Topliss-reactive ketones (excluding diaryl/α,β-unsaturated/α-hetero) is 1. The van der Waals surface area contributed by atoms with Gasteiger partial charge in [0, 0.05) is 4.90 Å². The summed E-state index contributed by atoms with van der Waals surface area (Å²) in [5, 5.41) is -0.508. The zero-order chi connectivity index (χ0) is 11.4. The summed E-state index contributed by atoms with van der Waals surface area (Å²) in [6.07, 6.45) is 3.02. The Morgan fingerprint density at radius 1 is 1.53 bits per heavy atom. The number of hydrogen-bond donors (Lipinski definition) is 0. The Morgan fingerprint density at radius 2 is 2.20 bits per heavy atom. The van der Waals surface area contributed by atoms with Crippen molar-refractivity contribution in [1.82, 2.24) is 0 Å². The number of rotatable bonds is 4. The molecule has 15 heavy (non-hydrogen) atoms. The molecule has 0 spiro atoms. The molecule has 0 N–H and O–H groups in total. The van der Waals surface area contributed by atoms with Crippen LogP contribution in [-0.2, 0) is 11.2 Å². The maximum Gasteiger partial charge on any atom is 0.152 e. The average molecular weight is 243 g/mol. The second kappa shape index (κ2) is 5.57. The maximum absolute atomic E-state index is 11.2. The van der Waals surface area contributed by atoms with Gasteiger partial charge >= 0.3 is 0 Å². The Bertz CT molecular complexity index is 363. The van der Waals surface area contributed by atoms with E-state index in [4.69, 9.17) is 11.6 Å². The molecule has 0 aromatic heterocycles. The summed E-state index contributed by atoms with van der Waals surface area (Å²) in [6.45, 7) is 3.63. The van der Waals surface area contributed by atoms with E-state index in [1.165, 1.54) is 17.4 Å². The zero-order valence-corrected chi connectivity index (χ0v) is 10.8. The first-order valence-electron chi connectivity index (χ1n) is 4.91. The van der Waals surface area contributed by atoms with Crippen molar-refractivity contribution >= 4 is 29.1 Å². The fraction of sp³-hybridized carbons (Fsp3) is 0.417. The van der Waals surface area contributed by atoms with Crippen molar-refractivity contribution < 1.29 is 4.79 Å². The maximum atomic E-state index is 11.2. The first-order valence-corrected chi connectivity index (χ1v) is 6.57. The van der Waals surface area contributed by atoms with Gasteiger partial charge in [-0.3, -0.25) is 4.79 Å². The van der Waals surface area contributed by atoms with Crippen LogP contribution >= 0.6 is 23.4 Å². The molecule has 0 aliphatic carbocycles. The lowest BCUT2D eigenvalue weighted by Gasteiger charge is -2.10. The predicted molar refractivity (Wildman–Crippen MR) is 66.9 cm³/mol. The number of carbonyl (C=O) groups excluding carboxylic acids is 1. The molecule has 0 fully saturated rings. The van der Waals surface area contributed by atoms with Gasteiger partial charge in [0.25, 0.3) is 0 Å². The van der Waals surface area contributed by atoms with Gasteiger partial charge in [-0.1, -0.05) is 19.1 Å². The molecule has 1 aromatic carbocycles. The fourth-order valence-electron chi connectivity index (χ4n) is 1.47. The number of carbonyl (C=O) groups is 1. The Hall–Kier alpha value is -0.470. The van der Waals surface area contributed by atoms with Gasteiger partial charge in [-0.15, -0.1) is 23.4 Å². The monoisotopic (exact) mass is 242 g/mol. The number of benzene rings is 1. The quantitative estimate of drug-likeness (QED) is 0.590. The number of thioether (sulfide) groups is 1. The molecule has 0 aliphatic heterocycles. The lowest BCUT2D eigenvalue weighted by atomic mass is 10.0. The summed E-state index contributed by atoms with van der Waals surface area (Å²) in [5.74, 6) is -0.00405. The van der Waals surface area contributed by atoms with Crippen molar-refractivity contribution in [3.05, 3.63) is 29.3 Å². The molecule has 1 rings (SSSR count). The minimum atomic E-state index is -0.508. The molecule has 0 amide bonds. The molecular weight excluding hydrogens is 228 g/mol. The van der Waals surface area contributed by atoms with E-state index in [2.05, 4.69) is 13.2 Å². The molecule has 0 saturated heterocycles. The lowest BCUT2D eigenvalue weighted by molar-refractivity contribution is -0.116. The smallest absolute Gasteiger partial charge is 0.152 e. The highest BCUT2D eigenvalue weighted by Crippen LogP contribution is 2.28. The van der Waals surface area contributed by atoms with E-state index in [0.717, 1.165) is 12.0 Å². The highest BCUT2D eigenvalue weighted by Gasteiger charge is 2.14. The van der Waals surface area contributed by atoms with Crippen LogP contribution in [0.25, 0.3) is 0 Å². The Morgan fingerprint density at radius 3 is 2.67 bits per heavy atom. The molecule has 3 heteroatoms. The minimum Gasteiger partial charge on any atom is -0.298 e. The van der Waals surface area contributed by atoms with Gasteiger partial charge in [0.05, 0.1) is 0 Å². The number of halogens is 1. The molecular formula is C12H15ClOS. The Kier molecular flexibility index (Phi) is 4.68. The van der Waals surface area contributed by atoms with Gasteiger partial charge in [0.15, 0.2) is 5.78 Å². The molecule has 0 bridgehead atoms. The van der Waals surface area contributed by atoms with E-state index in [-0.39, 0.29) is 5.78 Å². The predicted octanol–water partition coefficient (Wildman–Crippen LogP) is 3.84. The summed E-state index contributed by atoms with van der Waals surface area (Å²) in [7, 11) is 0. The molecule has 1 atom stereocenters. The molecule has 0 radical (unpaired) electrons.